The van der Waals surface area contributed by atoms with Crippen LogP contribution in [-0.2, 0) is 20.8 Å². The molecule has 6 atom stereocenters. The third-order valence-electron chi connectivity index (χ3n) is 9.67. The minimum atomic E-state index is -1.30. The second-order valence-corrected chi connectivity index (χ2v) is 14.7. The molecule has 49 heavy (non-hydrogen) atoms. The van der Waals surface area contributed by atoms with E-state index >= 15 is 0 Å². The van der Waals surface area contributed by atoms with E-state index in [0.717, 1.165) is 36.6 Å². The first-order valence-corrected chi connectivity index (χ1v) is 17.4. The number of nitrogens with zero attached hydrogens (tertiary/aromatic N) is 2. The van der Waals surface area contributed by atoms with Crippen LogP contribution in [0.25, 0.3) is 10.9 Å². The zero-order valence-corrected chi connectivity index (χ0v) is 28.7. The maximum Gasteiger partial charge on any atom is 0.270 e. The number of piperidine rings is 1. The number of hydrogen-bond donors (Lipinski definition) is 5. The van der Waals surface area contributed by atoms with Gasteiger partial charge in [-0.05, 0) is 69.6 Å². The van der Waals surface area contributed by atoms with Gasteiger partial charge in [-0.2, -0.15) is 0 Å². The van der Waals surface area contributed by atoms with Crippen molar-refractivity contribution in [2.45, 2.75) is 95.5 Å². The van der Waals surface area contributed by atoms with Crippen LogP contribution in [0, 0.1) is 11.8 Å². The molecule has 6 N–H and O–H groups in total. The minimum absolute atomic E-state index is 0.0566. The number of likely N-dealkylation sites (tertiary alicyclic amines) is 1. The van der Waals surface area contributed by atoms with Gasteiger partial charge < -0.3 is 26.8 Å². The number of hydrogen-bond acceptors (Lipinski definition) is 7. The first-order chi connectivity index (χ1) is 23.4. The molecule has 0 bridgehead atoms. The van der Waals surface area contributed by atoms with Crippen LogP contribution in [0.4, 0.5) is 0 Å². The van der Waals surface area contributed by atoms with Crippen molar-refractivity contribution in [1.29, 1.82) is 0 Å². The van der Waals surface area contributed by atoms with E-state index in [4.69, 9.17) is 5.73 Å². The SMILES string of the molecule is CC(C)(C)NC(=O)[C@H]1CC2CCCCC2CN1C[C@H](O)[C@@H](Cc1ccccc1)NC(=O)[C@H](CC(N)=O)NC(=O)c1ccc2ccccc2n1. The first-order valence-electron chi connectivity index (χ1n) is 17.4. The Labute approximate surface area is 288 Å². The van der Waals surface area contributed by atoms with Crippen molar-refractivity contribution in [2.24, 2.45) is 17.6 Å². The van der Waals surface area contributed by atoms with E-state index in [2.05, 4.69) is 25.8 Å². The third kappa shape index (κ3) is 9.86. The molecule has 11 heteroatoms. The summed E-state index contributed by atoms with van der Waals surface area (Å²) in [5.41, 5.74) is 6.70. The number of nitrogens with two attached hydrogens (primary N) is 1. The zero-order valence-electron chi connectivity index (χ0n) is 28.7. The predicted molar refractivity (Wildman–Crippen MR) is 188 cm³/mol. The van der Waals surface area contributed by atoms with E-state index in [1.54, 1.807) is 18.2 Å². The summed E-state index contributed by atoms with van der Waals surface area (Å²) >= 11 is 0. The highest BCUT2D eigenvalue weighted by molar-refractivity contribution is 5.99. The molecule has 1 aromatic heterocycles. The largest absolute Gasteiger partial charge is 0.390 e. The molecule has 0 spiro atoms. The van der Waals surface area contributed by atoms with Crippen molar-refractivity contribution in [3.63, 3.8) is 0 Å². The molecule has 0 radical (unpaired) electrons. The molecule has 5 rings (SSSR count). The number of aliphatic hydroxyl groups excluding tert-OH is 1. The summed E-state index contributed by atoms with van der Waals surface area (Å²) in [7, 11) is 0. The normalized spacial score (nSPS) is 21.5. The van der Waals surface area contributed by atoms with Crippen LogP contribution in [0.1, 0.15) is 75.3 Å². The molecule has 1 saturated carbocycles. The molecule has 2 aromatic carbocycles. The lowest BCUT2D eigenvalue weighted by atomic mass is 9.72. The number of nitrogens with one attached hydrogen (secondary N) is 3. The van der Waals surface area contributed by atoms with E-state index in [1.807, 2.05) is 69.3 Å². The number of benzene rings is 2. The van der Waals surface area contributed by atoms with Crippen LogP contribution < -0.4 is 21.7 Å². The second-order valence-electron chi connectivity index (χ2n) is 14.7. The van der Waals surface area contributed by atoms with Crippen LogP contribution in [0.3, 0.4) is 0 Å². The molecule has 1 aliphatic carbocycles. The van der Waals surface area contributed by atoms with Gasteiger partial charge in [0, 0.05) is 24.0 Å². The van der Waals surface area contributed by atoms with Gasteiger partial charge in [-0.3, -0.25) is 24.1 Å². The summed E-state index contributed by atoms with van der Waals surface area (Å²) in [6.07, 6.45) is 4.03. The average Bonchev–Trinajstić information content (AvgIpc) is 3.06. The number of β-amino-alcohol motifs (C(OH)–C–C–N with tert-alkyl or cyclic N) is 1. The number of carbonyl (C=O) groups is 4. The molecule has 1 aliphatic heterocycles. The van der Waals surface area contributed by atoms with Gasteiger partial charge in [0.05, 0.1) is 30.1 Å². The van der Waals surface area contributed by atoms with Crippen molar-refractivity contribution in [3.8, 4) is 0 Å². The minimum Gasteiger partial charge on any atom is -0.390 e. The van der Waals surface area contributed by atoms with Crippen molar-refractivity contribution >= 4 is 34.5 Å². The van der Waals surface area contributed by atoms with Gasteiger partial charge in [0.1, 0.15) is 11.7 Å². The molecule has 11 nitrogen and oxygen atoms in total. The average molecular weight is 671 g/mol. The molecule has 1 saturated heterocycles. The zero-order chi connectivity index (χ0) is 35.1. The molecule has 262 valence electrons. The summed E-state index contributed by atoms with van der Waals surface area (Å²) in [5.74, 6) is -1.20. The maximum atomic E-state index is 13.8. The van der Waals surface area contributed by atoms with Crippen molar-refractivity contribution in [2.75, 3.05) is 13.1 Å². The lowest BCUT2D eigenvalue weighted by Crippen LogP contribution is -2.61. The molecular formula is C38H50N6O5. The Morgan fingerprint density at radius 2 is 1.63 bits per heavy atom. The van der Waals surface area contributed by atoms with Gasteiger partial charge in [0.25, 0.3) is 5.91 Å². The van der Waals surface area contributed by atoms with Crippen LogP contribution >= 0.6 is 0 Å². The smallest absolute Gasteiger partial charge is 0.270 e. The van der Waals surface area contributed by atoms with Gasteiger partial charge in [-0.25, -0.2) is 4.98 Å². The highest BCUT2D eigenvalue weighted by Gasteiger charge is 2.42. The number of primary amides is 1. The molecule has 2 aliphatic rings. The van der Waals surface area contributed by atoms with E-state index in [-0.39, 0.29) is 24.6 Å². The fourth-order valence-electron chi connectivity index (χ4n) is 7.26. The predicted octanol–water partition coefficient (Wildman–Crippen LogP) is 3.09. The first kappa shape index (κ1) is 35.9. The van der Waals surface area contributed by atoms with E-state index in [9.17, 15) is 24.3 Å². The van der Waals surface area contributed by atoms with Gasteiger partial charge >= 0.3 is 0 Å². The topological polar surface area (TPSA) is 167 Å². The Bertz CT molecular complexity index is 1630. The Kier molecular flexibility index (Phi) is 11.7. The lowest BCUT2D eigenvalue weighted by Gasteiger charge is -2.47. The van der Waals surface area contributed by atoms with Gasteiger partial charge in [0.15, 0.2) is 0 Å². The number of amides is 4. The van der Waals surface area contributed by atoms with Crippen LogP contribution in [0.5, 0.6) is 0 Å². The molecular weight excluding hydrogens is 620 g/mol. The summed E-state index contributed by atoms with van der Waals surface area (Å²) in [6, 6.07) is 17.6. The number of para-hydroxylation sites is 1. The fraction of sp³-hybridized carbons (Fsp3) is 0.500. The highest BCUT2D eigenvalue weighted by Crippen LogP contribution is 2.39. The number of carbonyl (C=O) groups excluding carboxylic acids is 4. The summed E-state index contributed by atoms with van der Waals surface area (Å²) < 4.78 is 0. The lowest BCUT2D eigenvalue weighted by molar-refractivity contribution is -0.133. The van der Waals surface area contributed by atoms with Crippen molar-refractivity contribution < 1.29 is 24.3 Å². The molecule has 3 aromatic rings. The summed E-state index contributed by atoms with van der Waals surface area (Å²) in [6.45, 7) is 6.73. The summed E-state index contributed by atoms with van der Waals surface area (Å²) in [4.78, 5) is 59.3. The molecule has 4 amide bonds. The van der Waals surface area contributed by atoms with Crippen LogP contribution in [0.15, 0.2) is 66.7 Å². The van der Waals surface area contributed by atoms with E-state index < -0.39 is 53.9 Å². The Morgan fingerprint density at radius 1 is 0.939 bits per heavy atom. The summed E-state index contributed by atoms with van der Waals surface area (Å²) in [5, 5.41) is 21.4. The van der Waals surface area contributed by atoms with Gasteiger partial charge in [-0.1, -0.05) is 73.9 Å². The van der Waals surface area contributed by atoms with E-state index in [1.165, 1.54) is 6.42 Å². The quantitative estimate of drug-likeness (QED) is 0.198. The Hall–Kier alpha value is -4.35. The molecule has 2 unspecified atom stereocenters. The van der Waals surface area contributed by atoms with Gasteiger partial charge in [0.2, 0.25) is 17.7 Å². The number of pyridine rings is 1. The third-order valence-corrected chi connectivity index (χ3v) is 9.67. The molecule has 2 heterocycles. The number of rotatable bonds is 12. The van der Waals surface area contributed by atoms with Crippen LogP contribution in [-0.4, -0.2) is 81.5 Å². The van der Waals surface area contributed by atoms with Crippen LogP contribution in [0.2, 0.25) is 0 Å². The number of aromatic nitrogens is 1. The standard InChI is InChI=1S/C38H50N6O5/c1-38(2,3)43-37(49)32-20-26-14-7-8-15-27(26)22-44(32)23-33(45)30(19-24-11-5-4-6-12-24)41-36(48)31(21-34(39)46)42-35(47)29-18-17-25-13-9-10-16-28(25)40-29/h4-6,9-13,16-18,26-27,30-33,45H,7-8,14-15,19-23H2,1-3H3,(H2,39,46)(H,41,48)(H,42,47)(H,43,49)/t26?,27?,30-,31+,32-,33+/m1/s1. The Morgan fingerprint density at radius 3 is 2.35 bits per heavy atom. The van der Waals surface area contributed by atoms with Crippen molar-refractivity contribution in [1.82, 2.24) is 25.8 Å². The van der Waals surface area contributed by atoms with Gasteiger partial charge in [-0.15, -0.1) is 0 Å². The Balaban J connectivity index is 1.35. The number of fused-ring (bicyclic) bond motifs is 2. The number of aliphatic hydroxyl groups is 1. The second kappa shape index (κ2) is 15.9. The highest BCUT2D eigenvalue weighted by atomic mass is 16.3. The molecule has 2 fully saturated rings. The monoisotopic (exact) mass is 670 g/mol. The fourth-order valence-corrected chi connectivity index (χ4v) is 7.26. The van der Waals surface area contributed by atoms with E-state index in [0.29, 0.717) is 23.9 Å². The maximum absolute atomic E-state index is 13.8. The van der Waals surface area contributed by atoms with Crippen molar-refractivity contribution in [3.05, 3.63) is 78.0 Å².